The van der Waals surface area contributed by atoms with Crippen molar-refractivity contribution in [1.29, 1.82) is 0 Å². The molecule has 0 saturated carbocycles. The molecule has 6 nitrogen and oxygen atoms in total. The molecule has 6 heteroatoms. The molecule has 0 radical (unpaired) electrons. The zero-order valence-corrected chi connectivity index (χ0v) is 14.1. The van der Waals surface area contributed by atoms with Crippen LogP contribution in [0.25, 0.3) is 0 Å². The van der Waals surface area contributed by atoms with E-state index >= 15 is 0 Å². The van der Waals surface area contributed by atoms with Gasteiger partial charge in [0.15, 0.2) is 0 Å². The van der Waals surface area contributed by atoms with E-state index in [-0.39, 0.29) is 12.3 Å². The Morgan fingerprint density at radius 3 is 2.00 bits per heavy atom. The Morgan fingerprint density at radius 1 is 1.04 bits per heavy atom. The Balaban J connectivity index is 2.78. The van der Waals surface area contributed by atoms with E-state index in [2.05, 4.69) is 5.32 Å². The number of carboxylic acid groups (broad SMARTS) is 1. The van der Waals surface area contributed by atoms with E-state index in [4.69, 9.17) is 4.74 Å². The average Bonchev–Trinajstić information content (AvgIpc) is 2.39. The number of benzene rings is 1. The average molecular weight is 321 g/mol. The number of hydrogen-bond donors (Lipinski definition) is 2. The first-order valence-corrected chi connectivity index (χ1v) is 7.27. The maximum absolute atomic E-state index is 12.3. The van der Waals surface area contributed by atoms with Gasteiger partial charge in [-0.3, -0.25) is 14.4 Å². The van der Waals surface area contributed by atoms with Gasteiger partial charge in [-0.15, -0.1) is 0 Å². The lowest BCUT2D eigenvalue weighted by atomic mass is 9.75. The summed E-state index contributed by atoms with van der Waals surface area (Å²) in [4.78, 5) is 34.5. The van der Waals surface area contributed by atoms with E-state index in [0.717, 1.165) is 0 Å². The number of esters is 1. The van der Waals surface area contributed by atoms with Gasteiger partial charge < -0.3 is 15.2 Å². The molecule has 23 heavy (non-hydrogen) atoms. The molecular formula is C17H23NO5. The van der Waals surface area contributed by atoms with Crippen molar-refractivity contribution in [2.24, 2.45) is 10.8 Å². The minimum Gasteiger partial charge on any atom is -0.481 e. The summed E-state index contributed by atoms with van der Waals surface area (Å²) in [6.45, 7) is 7.87. The van der Waals surface area contributed by atoms with E-state index in [9.17, 15) is 19.5 Å². The molecule has 0 spiro atoms. The second-order valence-electron chi connectivity index (χ2n) is 6.84. The summed E-state index contributed by atoms with van der Waals surface area (Å²) in [6.07, 6.45) is 0.151. The molecule has 0 saturated heterocycles. The zero-order valence-electron chi connectivity index (χ0n) is 14.1. The summed E-state index contributed by atoms with van der Waals surface area (Å²) in [7, 11) is 0. The van der Waals surface area contributed by atoms with Crippen molar-refractivity contribution in [2.75, 3.05) is 5.32 Å². The van der Waals surface area contributed by atoms with Gasteiger partial charge in [0.1, 0.15) is 5.75 Å². The Morgan fingerprint density at radius 2 is 1.57 bits per heavy atom. The number of amides is 1. The van der Waals surface area contributed by atoms with Crippen molar-refractivity contribution in [3.8, 4) is 5.75 Å². The molecule has 0 aliphatic heterocycles. The maximum Gasteiger partial charge on any atom is 0.316 e. The predicted molar refractivity (Wildman–Crippen MR) is 86.2 cm³/mol. The van der Waals surface area contributed by atoms with Gasteiger partial charge >= 0.3 is 11.9 Å². The second-order valence-corrected chi connectivity index (χ2v) is 6.84. The Labute approximate surface area is 135 Å². The minimum absolute atomic E-state index is 0.151. The van der Waals surface area contributed by atoms with Crippen molar-refractivity contribution in [1.82, 2.24) is 0 Å². The van der Waals surface area contributed by atoms with Gasteiger partial charge in [0.2, 0.25) is 5.91 Å². The molecule has 0 bridgehead atoms. The fourth-order valence-electron chi connectivity index (χ4n) is 2.31. The quantitative estimate of drug-likeness (QED) is 0.620. The van der Waals surface area contributed by atoms with Crippen molar-refractivity contribution in [3.63, 3.8) is 0 Å². The monoisotopic (exact) mass is 321 g/mol. The molecule has 1 aromatic rings. The van der Waals surface area contributed by atoms with Crippen LogP contribution in [-0.2, 0) is 14.4 Å². The molecule has 126 valence electrons. The van der Waals surface area contributed by atoms with Crippen molar-refractivity contribution in [3.05, 3.63) is 24.3 Å². The van der Waals surface area contributed by atoms with Gasteiger partial charge in [-0.05, 0) is 58.4 Å². The molecule has 0 aliphatic rings. The van der Waals surface area contributed by atoms with Crippen LogP contribution in [0.5, 0.6) is 5.75 Å². The molecule has 0 aromatic heterocycles. The third-order valence-corrected chi connectivity index (χ3v) is 3.40. The zero-order chi connectivity index (χ0) is 17.8. The van der Waals surface area contributed by atoms with Gasteiger partial charge in [-0.1, -0.05) is 0 Å². The molecule has 0 atom stereocenters. The van der Waals surface area contributed by atoms with Crippen LogP contribution in [0.15, 0.2) is 24.3 Å². The number of carbonyl (C=O) groups is 3. The van der Waals surface area contributed by atoms with Gasteiger partial charge in [-0.2, -0.15) is 0 Å². The number of ether oxygens (including phenoxy) is 1. The fourth-order valence-corrected chi connectivity index (χ4v) is 2.31. The molecule has 1 rings (SSSR count). The fraction of sp³-hybridized carbons (Fsp3) is 0.471. The lowest BCUT2D eigenvalue weighted by Gasteiger charge is -2.30. The third-order valence-electron chi connectivity index (χ3n) is 3.40. The lowest BCUT2D eigenvalue weighted by molar-refractivity contribution is -0.153. The summed E-state index contributed by atoms with van der Waals surface area (Å²) >= 11 is 0. The smallest absolute Gasteiger partial charge is 0.316 e. The van der Waals surface area contributed by atoms with Gasteiger partial charge in [0.05, 0.1) is 10.8 Å². The van der Waals surface area contributed by atoms with Gasteiger partial charge in [0, 0.05) is 12.6 Å². The van der Waals surface area contributed by atoms with E-state index in [0.29, 0.717) is 11.4 Å². The molecule has 1 aromatic carbocycles. The standard InChI is InChI=1S/C17H23NO5/c1-11(19)18-12-6-8-13(9-7-12)23-15(22)17(4,5)10-16(2,3)14(20)21/h6-9H,10H2,1-5H3,(H,18,19)(H,20,21). The highest BCUT2D eigenvalue weighted by Gasteiger charge is 2.40. The first kappa shape index (κ1) is 18.7. The predicted octanol–water partition coefficient (Wildman–Crippen LogP) is 3.08. The summed E-state index contributed by atoms with van der Waals surface area (Å²) in [6, 6.07) is 6.39. The number of anilines is 1. The molecule has 2 N–H and O–H groups in total. The number of aliphatic carboxylic acids is 1. The Hall–Kier alpha value is -2.37. The first-order chi connectivity index (χ1) is 10.4. The van der Waals surface area contributed by atoms with Crippen LogP contribution in [0.2, 0.25) is 0 Å². The van der Waals surface area contributed by atoms with Gasteiger partial charge in [0.25, 0.3) is 0 Å². The van der Waals surface area contributed by atoms with E-state index < -0.39 is 22.8 Å². The maximum atomic E-state index is 12.3. The Kier molecular flexibility index (Phi) is 5.53. The molecule has 0 heterocycles. The van der Waals surface area contributed by atoms with Crippen LogP contribution in [0.3, 0.4) is 0 Å². The van der Waals surface area contributed by atoms with Crippen LogP contribution >= 0.6 is 0 Å². The normalized spacial score (nSPS) is 11.7. The van der Waals surface area contributed by atoms with Crippen LogP contribution in [-0.4, -0.2) is 23.0 Å². The summed E-state index contributed by atoms with van der Waals surface area (Å²) in [5.74, 6) is -1.31. The van der Waals surface area contributed by atoms with Gasteiger partial charge in [-0.25, -0.2) is 0 Å². The number of rotatable bonds is 6. The van der Waals surface area contributed by atoms with Crippen LogP contribution in [0.4, 0.5) is 5.69 Å². The minimum atomic E-state index is -1.03. The molecule has 0 aliphatic carbocycles. The van der Waals surface area contributed by atoms with Crippen LogP contribution < -0.4 is 10.1 Å². The molecule has 0 unspecified atom stereocenters. The molecule has 0 fully saturated rings. The lowest BCUT2D eigenvalue weighted by Crippen LogP contribution is -2.37. The highest BCUT2D eigenvalue weighted by Crippen LogP contribution is 2.35. The highest BCUT2D eigenvalue weighted by atomic mass is 16.5. The summed E-state index contributed by atoms with van der Waals surface area (Å²) < 4.78 is 5.32. The number of carboxylic acids is 1. The summed E-state index contributed by atoms with van der Waals surface area (Å²) in [5.41, 5.74) is -1.38. The van der Waals surface area contributed by atoms with E-state index in [1.807, 2.05) is 0 Å². The van der Waals surface area contributed by atoms with Crippen molar-refractivity contribution >= 4 is 23.5 Å². The molecule has 1 amide bonds. The largest absolute Gasteiger partial charge is 0.481 e. The van der Waals surface area contributed by atoms with E-state index in [1.165, 1.54) is 6.92 Å². The van der Waals surface area contributed by atoms with Crippen LogP contribution in [0.1, 0.15) is 41.0 Å². The Bertz CT molecular complexity index is 602. The highest BCUT2D eigenvalue weighted by molar-refractivity contribution is 5.88. The summed E-state index contributed by atoms with van der Waals surface area (Å²) in [5, 5.41) is 11.8. The first-order valence-electron chi connectivity index (χ1n) is 7.27. The van der Waals surface area contributed by atoms with Crippen molar-refractivity contribution in [2.45, 2.75) is 41.0 Å². The van der Waals surface area contributed by atoms with Crippen LogP contribution in [0, 0.1) is 10.8 Å². The third kappa shape index (κ3) is 5.39. The van der Waals surface area contributed by atoms with Crippen molar-refractivity contribution < 1.29 is 24.2 Å². The SMILES string of the molecule is CC(=O)Nc1ccc(OC(=O)C(C)(C)CC(C)(C)C(=O)O)cc1. The number of nitrogens with one attached hydrogen (secondary N) is 1. The van der Waals surface area contributed by atoms with E-state index in [1.54, 1.807) is 52.0 Å². The number of hydrogen-bond acceptors (Lipinski definition) is 4. The molecular weight excluding hydrogens is 298 g/mol. The number of carbonyl (C=O) groups excluding carboxylic acids is 2. The second kappa shape index (κ2) is 6.81. The topological polar surface area (TPSA) is 92.7 Å².